The Morgan fingerprint density at radius 3 is 2.39 bits per heavy atom. The number of benzene rings is 1. The minimum Gasteiger partial charge on any atom is -0.459 e. The molecule has 1 N–H and O–H groups in total. The van der Waals surface area contributed by atoms with E-state index in [2.05, 4.69) is 10.2 Å². The molecule has 2 aromatic rings. The van der Waals surface area contributed by atoms with E-state index in [4.69, 9.17) is 13.9 Å². The van der Waals surface area contributed by atoms with Crippen LogP contribution in [0.2, 0.25) is 0 Å². The lowest BCUT2D eigenvalue weighted by Gasteiger charge is -2.44. The Balaban J connectivity index is 1.29. The highest BCUT2D eigenvalue weighted by Gasteiger charge is 2.54. The fraction of sp³-hybridized carbons (Fsp3) is 0.500. The molecule has 4 heterocycles. The van der Waals surface area contributed by atoms with E-state index in [1.807, 2.05) is 6.07 Å². The summed E-state index contributed by atoms with van der Waals surface area (Å²) < 4.78 is 16.9. The maximum atomic E-state index is 13.7. The van der Waals surface area contributed by atoms with Crippen molar-refractivity contribution in [2.75, 3.05) is 59.1 Å². The number of nitrogens with zero attached hydrogens (tertiary/aromatic N) is 3. The first kappa shape index (κ1) is 24.5. The van der Waals surface area contributed by atoms with Gasteiger partial charge in [0.2, 0.25) is 5.91 Å². The second-order valence-electron chi connectivity index (χ2n) is 9.33. The van der Waals surface area contributed by atoms with E-state index in [9.17, 15) is 14.4 Å². The van der Waals surface area contributed by atoms with Gasteiger partial charge < -0.3 is 24.1 Å². The fourth-order valence-corrected chi connectivity index (χ4v) is 5.18. The van der Waals surface area contributed by atoms with Gasteiger partial charge in [-0.05, 0) is 24.3 Å². The van der Waals surface area contributed by atoms with Gasteiger partial charge in [0.1, 0.15) is 11.8 Å². The van der Waals surface area contributed by atoms with Gasteiger partial charge in [-0.15, -0.1) is 0 Å². The first-order chi connectivity index (χ1) is 17.6. The van der Waals surface area contributed by atoms with Gasteiger partial charge in [-0.1, -0.05) is 18.2 Å². The average molecular weight is 497 g/mol. The second kappa shape index (κ2) is 10.8. The Hall–Kier alpha value is -3.21. The summed E-state index contributed by atoms with van der Waals surface area (Å²) in [6.07, 6.45) is 2.30. The Morgan fingerprint density at radius 2 is 1.69 bits per heavy atom. The molecule has 0 saturated carbocycles. The van der Waals surface area contributed by atoms with Gasteiger partial charge in [-0.3, -0.25) is 24.2 Å². The lowest BCUT2D eigenvalue weighted by Crippen LogP contribution is -2.60. The molecule has 1 aromatic heterocycles. The Labute approximate surface area is 210 Å². The van der Waals surface area contributed by atoms with Gasteiger partial charge in [-0.25, -0.2) is 0 Å². The number of hydrogen-bond acceptors (Lipinski definition) is 7. The van der Waals surface area contributed by atoms with Gasteiger partial charge in [0.15, 0.2) is 5.76 Å². The normalized spacial score (nSPS) is 22.1. The van der Waals surface area contributed by atoms with E-state index in [-0.39, 0.29) is 30.1 Å². The van der Waals surface area contributed by atoms with Crippen LogP contribution in [0.25, 0.3) is 0 Å². The average Bonchev–Trinajstić information content (AvgIpc) is 3.58. The number of ether oxygens (including phenoxy) is 2. The number of likely N-dealkylation sites (tertiary alicyclic amines) is 1. The van der Waals surface area contributed by atoms with Crippen LogP contribution in [0, 0.1) is 0 Å². The molecule has 3 aliphatic heterocycles. The summed E-state index contributed by atoms with van der Waals surface area (Å²) in [6, 6.07) is 11.5. The molecule has 10 nitrogen and oxygen atoms in total. The van der Waals surface area contributed by atoms with Gasteiger partial charge in [0.25, 0.3) is 11.8 Å². The predicted molar refractivity (Wildman–Crippen MR) is 129 cm³/mol. The van der Waals surface area contributed by atoms with E-state index in [0.29, 0.717) is 51.3 Å². The number of rotatable bonds is 6. The maximum Gasteiger partial charge on any atom is 0.289 e. The Bertz CT molecular complexity index is 1050. The number of hydrogen-bond donors (Lipinski definition) is 1. The highest BCUT2D eigenvalue weighted by atomic mass is 16.5. The SMILES string of the molecule is O=C(NCCN1CCOCC1)C1COC2(CCN(C(=O)c3ccco3)CC2)N1C(=O)c1ccccc1. The predicted octanol–water partition coefficient (Wildman–Crippen LogP) is 1.20. The monoisotopic (exact) mass is 496 g/mol. The molecule has 1 unspecified atom stereocenters. The van der Waals surface area contributed by atoms with Crippen molar-refractivity contribution in [2.45, 2.75) is 24.6 Å². The lowest BCUT2D eigenvalue weighted by atomic mass is 9.96. The molecule has 1 atom stereocenters. The summed E-state index contributed by atoms with van der Waals surface area (Å²) in [5.74, 6) is -0.370. The van der Waals surface area contributed by atoms with Crippen molar-refractivity contribution >= 4 is 17.7 Å². The molecule has 0 radical (unpaired) electrons. The number of furan rings is 1. The first-order valence-electron chi connectivity index (χ1n) is 12.5. The van der Waals surface area contributed by atoms with Crippen molar-refractivity contribution in [3.8, 4) is 0 Å². The van der Waals surface area contributed by atoms with Crippen molar-refractivity contribution in [2.24, 2.45) is 0 Å². The van der Waals surface area contributed by atoms with Crippen molar-refractivity contribution < 1.29 is 28.3 Å². The summed E-state index contributed by atoms with van der Waals surface area (Å²) >= 11 is 0. The molecular formula is C26H32N4O6. The van der Waals surface area contributed by atoms with Crippen LogP contribution in [-0.2, 0) is 14.3 Å². The van der Waals surface area contributed by atoms with Crippen LogP contribution in [-0.4, -0.2) is 103 Å². The quantitative estimate of drug-likeness (QED) is 0.641. The highest BCUT2D eigenvalue weighted by molar-refractivity contribution is 5.98. The van der Waals surface area contributed by atoms with Crippen molar-refractivity contribution in [3.63, 3.8) is 0 Å². The van der Waals surface area contributed by atoms with Crippen LogP contribution in [0.5, 0.6) is 0 Å². The van der Waals surface area contributed by atoms with E-state index >= 15 is 0 Å². The zero-order chi connectivity index (χ0) is 25.0. The number of morpholine rings is 1. The molecule has 3 aliphatic rings. The topological polar surface area (TPSA) is 105 Å². The first-order valence-corrected chi connectivity index (χ1v) is 12.5. The lowest BCUT2D eigenvalue weighted by molar-refractivity contribution is -0.128. The number of amides is 3. The molecule has 192 valence electrons. The molecule has 3 amide bonds. The molecule has 1 aromatic carbocycles. The van der Waals surface area contributed by atoms with Gasteiger partial charge in [0, 0.05) is 57.7 Å². The number of nitrogens with one attached hydrogen (secondary N) is 1. The zero-order valence-electron chi connectivity index (χ0n) is 20.3. The molecular weight excluding hydrogens is 464 g/mol. The molecule has 10 heteroatoms. The third-order valence-electron chi connectivity index (χ3n) is 7.20. The smallest absolute Gasteiger partial charge is 0.289 e. The highest BCUT2D eigenvalue weighted by Crippen LogP contribution is 2.38. The Morgan fingerprint density at radius 1 is 0.944 bits per heavy atom. The summed E-state index contributed by atoms with van der Waals surface area (Å²) in [5, 5.41) is 3.00. The van der Waals surface area contributed by atoms with Crippen molar-refractivity contribution in [3.05, 3.63) is 60.1 Å². The maximum absolute atomic E-state index is 13.7. The van der Waals surface area contributed by atoms with Gasteiger partial charge in [0.05, 0.1) is 26.1 Å². The van der Waals surface area contributed by atoms with Crippen molar-refractivity contribution in [1.82, 2.24) is 20.0 Å². The molecule has 3 fully saturated rings. The zero-order valence-corrected chi connectivity index (χ0v) is 20.3. The van der Waals surface area contributed by atoms with Crippen LogP contribution in [0.1, 0.15) is 33.8 Å². The number of carbonyl (C=O) groups excluding carboxylic acids is 3. The molecule has 1 spiro atoms. The van der Waals surface area contributed by atoms with Crippen LogP contribution in [0.15, 0.2) is 53.1 Å². The van der Waals surface area contributed by atoms with E-state index in [0.717, 1.165) is 19.6 Å². The second-order valence-corrected chi connectivity index (χ2v) is 9.33. The molecule has 0 aliphatic carbocycles. The van der Waals surface area contributed by atoms with Crippen LogP contribution in [0.3, 0.4) is 0 Å². The molecule has 5 rings (SSSR count). The molecule has 0 bridgehead atoms. The van der Waals surface area contributed by atoms with Crippen molar-refractivity contribution in [1.29, 1.82) is 0 Å². The summed E-state index contributed by atoms with van der Waals surface area (Å²) in [4.78, 5) is 45.3. The van der Waals surface area contributed by atoms with E-state index in [1.54, 1.807) is 46.2 Å². The standard InChI is InChI=1S/C26H32N4O6/c31-23(27-10-13-28-14-17-34-18-15-28)21-19-36-26(30(21)24(32)20-5-2-1-3-6-20)8-11-29(12-9-26)25(33)22-7-4-16-35-22/h1-7,16,21H,8-15,17-19H2,(H,27,31). The third-order valence-corrected chi connectivity index (χ3v) is 7.20. The summed E-state index contributed by atoms with van der Waals surface area (Å²) in [7, 11) is 0. The fourth-order valence-electron chi connectivity index (χ4n) is 5.18. The number of piperidine rings is 1. The number of carbonyl (C=O) groups is 3. The summed E-state index contributed by atoms with van der Waals surface area (Å²) in [5.41, 5.74) is -0.443. The van der Waals surface area contributed by atoms with E-state index < -0.39 is 11.8 Å². The van der Waals surface area contributed by atoms with Crippen LogP contribution < -0.4 is 5.32 Å². The minimum atomic E-state index is -0.945. The van der Waals surface area contributed by atoms with Crippen LogP contribution in [0.4, 0.5) is 0 Å². The molecule has 3 saturated heterocycles. The molecule has 36 heavy (non-hydrogen) atoms. The minimum absolute atomic E-state index is 0.119. The third kappa shape index (κ3) is 5.02. The largest absolute Gasteiger partial charge is 0.459 e. The van der Waals surface area contributed by atoms with Gasteiger partial charge in [-0.2, -0.15) is 0 Å². The van der Waals surface area contributed by atoms with E-state index in [1.165, 1.54) is 6.26 Å². The Kier molecular flexibility index (Phi) is 7.35. The summed E-state index contributed by atoms with van der Waals surface area (Å²) in [6.45, 7) is 5.21. The van der Waals surface area contributed by atoms with Gasteiger partial charge >= 0.3 is 0 Å². The van der Waals surface area contributed by atoms with Crippen LogP contribution >= 0.6 is 0 Å².